The molecule has 1 saturated heterocycles. The lowest BCUT2D eigenvalue weighted by Gasteiger charge is -2.32. The van der Waals surface area contributed by atoms with E-state index in [1.807, 2.05) is 56.3 Å². The molecule has 2 aromatic carbocycles. The molecule has 2 aromatic rings. The molecule has 7 heteroatoms. The number of anilines is 2. The summed E-state index contributed by atoms with van der Waals surface area (Å²) in [5, 5.41) is 5.91. The lowest BCUT2D eigenvalue weighted by atomic mass is 9.97. The Hall–Kier alpha value is -3.22. The van der Waals surface area contributed by atoms with Crippen molar-refractivity contribution < 1.29 is 19.1 Å². The summed E-state index contributed by atoms with van der Waals surface area (Å²) in [6.07, 6.45) is 2.47. The van der Waals surface area contributed by atoms with Crippen molar-refractivity contribution in [3.05, 3.63) is 48.0 Å². The van der Waals surface area contributed by atoms with Crippen molar-refractivity contribution in [2.24, 2.45) is 5.92 Å². The fraction of sp³-hybridized carbons (Fsp3) is 0.417. The van der Waals surface area contributed by atoms with E-state index in [2.05, 4.69) is 10.6 Å². The number of urea groups is 1. The third-order valence-electron chi connectivity index (χ3n) is 5.66. The minimum atomic E-state index is -0.280. The number of piperidine rings is 1. The van der Waals surface area contributed by atoms with Crippen LogP contribution in [0.25, 0.3) is 0 Å². The summed E-state index contributed by atoms with van der Waals surface area (Å²) in [6.45, 7) is 5.47. The van der Waals surface area contributed by atoms with Crippen molar-refractivity contribution in [3.63, 3.8) is 0 Å². The van der Waals surface area contributed by atoms with Crippen LogP contribution in [-0.4, -0.2) is 42.6 Å². The number of rotatable bonds is 5. The van der Waals surface area contributed by atoms with Crippen LogP contribution in [-0.2, 0) is 11.2 Å². The highest BCUT2D eigenvalue weighted by atomic mass is 16.5. The molecular weight excluding hydrogens is 394 g/mol. The van der Waals surface area contributed by atoms with Crippen LogP contribution in [0.4, 0.5) is 16.2 Å². The van der Waals surface area contributed by atoms with Crippen LogP contribution in [0.1, 0.15) is 32.3 Å². The monoisotopic (exact) mass is 423 g/mol. The summed E-state index contributed by atoms with van der Waals surface area (Å²) >= 11 is 0. The first-order chi connectivity index (χ1) is 15.0. The van der Waals surface area contributed by atoms with Crippen LogP contribution < -0.4 is 20.1 Å². The molecule has 2 aliphatic rings. The number of amides is 3. The van der Waals surface area contributed by atoms with E-state index in [4.69, 9.17) is 9.47 Å². The molecule has 2 N–H and O–H groups in total. The largest absolute Gasteiger partial charge is 0.492 e. The van der Waals surface area contributed by atoms with Crippen molar-refractivity contribution in [2.75, 3.05) is 30.3 Å². The Labute approximate surface area is 182 Å². The number of benzene rings is 2. The maximum Gasteiger partial charge on any atom is 0.321 e. The zero-order valence-electron chi connectivity index (χ0n) is 18.0. The van der Waals surface area contributed by atoms with Gasteiger partial charge in [0.15, 0.2) is 0 Å². The van der Waals surface area contributed by atoms with E-state index in [1.165, 1.54) is 0 Å². The van der Waals surface area contributed by atoms with Gasteiger partial charge in [-0.3, -0.25) is 4.79 Å². The number of carbonyl (C=O) groups excluding carboxylic acids is 2. The second-order valence-electron chi connectivity index (χ2n) is 8.09. The first-order valence-electron chi connectivity index (χ1n) is 10.9. The normalized spacial score (nSPS) is 19.9. The number of likely N-dealkylation sites (tertiary alicyclic amines) is 1. The van der Waals surface area contributed by atoms with Gasteiger partial charge in [-0.2, -0.15) is 0 Å². The second kappa shape index (κ2) is 9.29. The summed E-state index contributed by atoms with van der Waals surface area (Å²) in [5.41, 5.74) is 2.45. The van der Waals surface area contributed by atoms with Gasteiger partial charge in [0.2, 0.25) is 5.91 Å². The third kappa shape index (κ3) is 4.93. The Kier molecular flexibility index (Phi) is 6.30. The molecule has 0 radical (unpaired) electrons. The van der Waals surface area contributed by atoms with E-state index >= 15 is 0 Å². The summed E-state index contributed by atoms with van der Waals surface area (Å²) in [5.74, 6) is 1.06. The number of nitrogens with zero attached hydrogens (tertiary/aromatic N) is 1. The fourth-order valence-corrected chi connectivity index (χ4v) is 4.15. The molecule has 2 aliphatic heterocycles. The summed E-state index contributed by atoms with van der Waals surface area (Å²) in [6, 6.07) is 13.0. The van der Waals surface area contributed by atoms with Crippen LogP contribution in [0.3, 0.4) is 0 Å². The van der Waals surface area contributed by atoms with Gasteiger partial charge < -0.3 is 25.0 Å². The van der Waals surface area contributed by atoms with Gasteiger partial charge in [0.05, 0.1) is 18.2 Å². The Bertz CT molecular complexity index is 947. The summed E-state index contributed by atoms with van der Waals surface area (Å²) in [7, 11) is 0. The maximum atomic E-state index is 13.0. The molecule has 4 rings (SSSR count). The van der Waals surface area contributed by atoms with E-state index in [0.29, 0.717) is 31.1 Å². The van der Waals surface area contributed by atoms with Crippen LogP contribution in [0, 0.1) is 5.92 Å². The van der Waals surface area contributed by atoms with Crippen LogP contribution in [0.2, 0.25) is 0 Å². The molecule has 7 nitrogen and oxygen atoms in total. The van der Waals surface area contributed by atoms with E-state index in [9.17, 15) is 9.59 Å². The summed E-state index contributed by atoms with van der Waals surface area (Å²) < 4.78 is 11.6. The highest BCUT2D eigenvalue weighted by Gasteiger charge is 2.30. The van der Waals surface area contributed by atoms with Gasteiger partial charge in [-0.1, -0.05) is 18.2 Å². The molecule has 2 unspecified atom stereocenters. The Morgan fingerprint density at radius 2 is 2.00 bits per heavy atom. The molecule has 1 fully saturated rings. The van der Waals surface area contributed by atoms with E-state index in [1.54, 1.807) is 4.90 Å². The average molecular weight is 424 g/mol. The quantitative estimate of drug-likeness (QED) is 0.752. The molecule has 0 aromatic heterocycles. The standard InChI is InChI=1S/C24H29N3O4/c1-3-30-22-13-18-12-16(2)31-21(18)14-20(22)26-23(28)17-8-7-11-27(15-17)24(29)25-19-9-5-4-6-10-19/h4-6,9-10,13-14,16-17H,3,7-8,11-12,15H2,1-2H3,(H,25,29)(H,26,28). The van der Waals surface area contributed by atoms with Crippen molar-refractivity contribution >= 4 is 23.3 Å². The lowest BCUT2D eigenvalue weighted by Crippen LogP contribution is -2.45. The number of hydrogen-bond acceptors (Lipinski definition) is 4. The molecule has 0 bridgehead atoms. The van der Waals surface area contributed by atoms with Crippen molar-refractivity contribution in [3.8, 4) is 11.5 Å². The van der Waals surface area contributed by atoms with Crippen LogP contribution in [0.5, 0.6) is 11.5 Å². The van der Waals surface area contributed by atoms with Gasteiger partial charge in [0, 0.05) is 36.8 Å². The van der Waals surface area contributed by atoms with Gasteiger partial charge in [0.1, 0.15) is 17.6 Å². The fourth-order valence-electron chi connectivity index (χ4n) is 4.15. The minimum absolute atomic E-state index is 0.107. The van der Waals surface area contributed by atoms with Crippen molar-refractivity contribution in [2.45, 2.75) is 39.2 Å². The number of para-hydroxylation sites is 1. The Morgan fingerprint density at radius 3 is 2.77 bits per heavy atom. The third-order valence-corrected chi connectivity index (χ3v) is 5.66. The van der Waals surface area contributed by atoms with E-state index in [0.717, 1.165) is 36.3 Å². The predicted molar refractivity (Wildman–Crippen MR) is 120 cm³/mol. The molecule has 0 aliphatic carbocycles. The molecule has 0 spiro atoms. The Morgan fingerprint density at radius 1 is 1.19 bits per heavy atom. The zero-order valence-corrected chi connectivity index (χ0v) is 18.0. The summed E-state index contributed by atoms with van der Waals surface area (Å²) in [4.78, 5) is 27.4. The van der Waals surface area contributed by atoms with Crippen molar-refractivity contribution in [1.29, 1.82) is 0 Å². The van der Waals surface area contributed by atoms with Gasteiger partial charge in [-0.25, -0.2) is 4.79 Å². The number of hydrogen-bond donors (Lipinski definition) is 2. The topological polar surface area (TPSA) is 79.9 Å². The number of nitrogens with one attached hydrogen (secondary N) is 2. The molecule has 164 valence electrons. The smallest absolute Gasteiger partial charge is 0.321 e. The van der Waals surface area contributed by atoms with Gasteiger partial charge in [-0.05, 0) is 44.9 Å². The number of fused-ring (bicyclic) bond motifs is 1. The van der Waals surface area contributed by atoms with Crippen molar-refractivity contribution in [1.82, 2.24) is 4.90 Å². The van der Waals surface area contributed by atoms with Crippen LogP contribution >= 0.6 is 0 Å². The minimum Gasteiger partial charge on any atom is -0.492 e. The molecule has 31 heavy (non-hydrogen) atoms. The van der Waals surface area contributed by atoms with Gasteiger partial charge >= 0.3 is 6.03 Å². The molecule has 3 amide bonds. The lowest BCUT2D eigenvalue weighted by molar-refractivity contribution is -0.121. The average Bonchev–Trinajstić information content (AvgIpc) is 3.13. The predicted octanol–water partition coefficient (Wildman–Crippen LogP) is 4.29. The molecule has 2 heterocycles. The van der Waals surface area contributed by atoms with Gasteiger partial charge in [0.25, 0.3) is 0 Å². The van der Waals surface area contributed by atoms with E-state index in [-0.39, 0.29) is 24.0 Å². The number of carbonyl (C=O) groups is 2. The first-order valence-corrected chi connectivity index (χ1v) is 10.9. The SMILES string of the molecule is CCOc1cc2c(cc1NC(=O)C1CCCN(C(=O)Nc3ccccc3)C1)OC(C)C2. The van der Waals surface area contributed by atoms with Crippen LogP contribution in [0.15, 0.2) is 42.5 Å². The molecule has 0 saturated carbocycles. The first kappa shape index (κ1) is 21.0. The molecular formula is C24H29N3O4. The maximum absolute atomic E-state index is 13.0. The Balaban J connectivity index is 1.42. The second-order valence-corrected chi connectivity index (χ2v) is 8.09. The number of ether oxygens (including phenoxy) is 2. The highest BCUT2D eigenvalue weighted by Crippen LogP contribution is 2.38. The van der Waals surface area contributed by atoms with Gasteiger partial charge in [-0.15, -0.1) is 0 Å². The highest BCUT2D eigenvalue weighted by molar-refractivity contribution is 5.95. The molecule has 2 atom stereocenters. The van der Waals surface area contributed by atoms with E-state index < -0.39 is 0 Å². The zero-order chi connectivity index (χ0) is 21.8.